The van der Waals surface area contributed by atoms with Crippen molar-refractivity contribution in [3.63, 3.8) is 0 Å². The Morgan fingerprint density at radius 2 is 2.04 bits per heavy atom. The van der Waals surface area contributed by atoms with E-state index in [9.17, 15) is 18.8 Å². The number of nitrogens with zero attached hydrogens (tertiary/aromatic N) is 3. The molecule has 3 atom stereocenters. The zero-order chi connectivity index (χ0) is 16.6. The highest BCUT2D eigenvalue weighted by Gasteiger charge is 2.50. The standard InChI is InChI=1S/C15H15FN4O3/c16-8-3-4-10-11(6-8)14(22)12(13(10)21)19-20(15(17)23)9-2-1-5-18-7-9/h1-2,5,7-8,10-11H,3-4,6H2,(H2,17,23)/b19-12-. The molecule has 2 N–H and O–H groups in total. The average Bonchev–Trinajstić information content (AvgIpc) is 2.76. The Bertz CT molecular complexity index is 691. The summed E-state index contributed by atoms with van der Waals surface area (Å²) in [5, 5.41) is 4.64. The minimum absolute atomic E-state index is 0.0255. The molecule has 1 aromatic heterocycles. The van der Waals surface area contributed by atoms with Gasteiger partial charge in [0.2, 0.25) is 0 Å². The number of anilines is 1. The van der Waals surface area contributed by atoms with Gasteiger partial charge in [-0.3, -0.25) is 14.6 Å². The summed E-state index contributed by atoms with van der Waals surface area (Å²) in [4.78, 5) is 40.2. The van der Waals surface area contributed by atoms with Crippen LogP contribution in [-0.2, 0) is 9.59 Å². The zero-order valence-electron chi connectivity index (χ0n) is 12.2. The van der Waals surface area contributed by atoms with Crippen molar-refractivity contribution in [2.24, 2.45) is 22.7 Å². The maximum atomic E-state index is 13.5. The summed E-state index contributed by atoms with van der Waals surface area (Å²) in [6, 6.07) is 2.15. The van der Waals surface area contributed by atoms with E-state index in [2.05, 4.69) is 10.1 Å². The Kier molecular flexibility index (Phi) is 3.89. The summed E-state index contributed by atoms with van der Waals surface area (Å²) in [7, 11) is 0. The van der Waals surface area contributed by atoms with Crippen molar-refractivity contribution in [1.29, 1.82) is 0 Å². The molecule has 3 unspecified atom stereocenters. The van der Waals surface area contributed by atoms with Gasteiger partial charge in [-0.25, -0.2) is 9.18 Å². The quantitative estimate of drug-likeness (QED) is 0.828. The Hall–Kier alpha value is -2.64. The number of carbonyl (C=O) groups is 3. The van der Waals surface area contributed by atoms with Crippen molar-refractivity contribution in [3.05, 3.63) is 24.5 Å². The van der Waals surface area contributed by atoms with Crippen LogP contribution in [0.2, 0.25) is 0 Å². The van der Waals surface area contributed by atoms with Crippen LogP contribution in [0.5, 0.6) is 0 Å². The fraction of sp³-hybridized carbons (Fsp3) is 0.400. The van der Waals surface area contributed by atoms with Crippen LogP contribution in [0.4, 0.5) is 14.9 Å². The van der Waals surface area contributed by atoms with Gasteiger partial charge >= 0.3 is 6.03 Å². The lowest BCUT2D eigenvalue weighted by Crippen LogP contribution is -2.34. The van der Waals surface area contributed by atoms with Crippen molar-refractivity contribution < 1.29 is 18.8 Å². The van der Waals surface area contributed by atoms with Gasteiger partial charge in [-0.1, -0.05) is 0 Å². The number of amides is 2. The van der Waals surface area contributed by atoms with Crippen LogP contribution >= 0.6 is 0 Å². The van der Waals surface area contributed by atoms with Gasteiger partial charge in [-0.15, -0.1) is 0 Å². The molecule has 2 aliphatic carbocycles. The van der Waals surface area contributed by atoms with E-state index in [4.69, 9.17) is 5.73 Å². The molecule has 0 aliphatic heterocycles. The number of aromatic nitrogens is 1. The zero-order valence-corrected chi connectivity index (χ0v) is 12.2. The number of ketones is 2. The summed E-state index contributed by atoms with van der Waals surface area (Å²) in [6.45, 7) is 0. The van der Waals surface area contributed by atoms with E-state index in [1.165, 1.54) is 18.5 Å². The minimum atomic E-state index is -1.09. The minimum Gasteiger partial charge on any atom is -0.350 e. The number of rotatable bonds is 2. The van der Waals surface area contributed by atoms with Crippen LogP contribution in [0.15, 0.2) is 29.6 Å². The SMILES string of the molecule is NC(=O)N(/N=C1/C(=O)C2CCC(F)CC2C1=O)c1cccnc1. The maximum Gasteiger partial charge on any atom is 0.340 e. The van der Waals surface area contributed by atoms with Gasteiger partial charge in [-0.2, -0.15) is 10.1 Å². The van der Waals surface area contributed by atoms with Gasteiger partial charge in [0.05, 0.1) is 11.9 Å². The smallest absolute Gasteiger partial charge is 0.340 e. The second-order valence-electron chi connectivity index (χ2n) is 5.66. The highest BCUT2D eigenvalue weighted by atomic mass is 19.1. The van der Waals surface area contributed by atoms with Gasteiger partial charge in [0, 0.05) is 18.0 Å². The highest BCUT2D eigenvalue weighted by Crippen LogP contribution is 2.38. The second kappa shape index (κ2) is 5.86. The normalized spacial score (nSPS) is 28.7. The average molecular weight is 318 g/mol. The number of hydrazone groups is 1. The van der Waals surface area contributed by atoms with Crippen LogP contribution in [0.1, 0.15) is 19.3 Å². The third-order valence-corrected chi connectivity index (χ3v) is 4.23. The molecule has 8 heteroatoms. The Labute approximate surface area is 131 Å². The highest BCUT2D eigenvalue weighted by molar-refractivity contribution is 6.70. The number of alkyl halides is 1. The molecule has 0 saturated heterocycles. The monoisotopic (exact) mass is 318 g/mol. The number of halogens is 1. The fourth-order valence-corrected chi connectivity index (χ4v) is 3.11. The summed E-state index contributed by atoms with van der Waals surface area (Å²) in [5.74, 6) is -2.19. The van der Waals surface area contributed by atoms with Gasteiger partial charge in [0.1, 0.15) is 6.17 Å². The molecule has 1 heterocycles. The van der Waals surface area contributed by atoms with Crippen molar-refractivity contribution in [3.8, 4) is 0 Å². The Morgan fingerprint density at radius 3 is 2.70 bits per heavy atom. The van der Waals surface area contributed by atoms with E-state index in [-0.39, 0.29) is 24.2 Å². The summed E-state index contributed by atoms with van der Waals surface area (Å²) >= 11 is 0. The fourth-order valence-electron chi connectivity index (χ4n) is 3.11. The molecule has 120 valence electrons. The molecule has 0 radical (unpaired) electrons. The van der Waals surface area contributed by atoms with Crippen LogP contribution in [0.25, 0.3) is 0 Å². The van der Waals surface area contributed by atoms with Crippen molar-refractivity contribution in [1.82, 2.24) is 4.98 Å². The first-order valence-corrected chi connectivity index (χ1v) is 7.29. The summed E-state index contributed by atoms with van der Waals surface area (Å²) in [6.07, 6.45) is 2.35. The van der Waals surface area contributed by atoms with Crippen LogP contribution in [0.3, 0.4) is 0 Å². The van der Waals surface area contributed by atoms with E-state index in [0.29, 0.717) is 6.42 Å². The van der Waals surface area contributed by atoms with Gasteiger partial charge < -0.3 is 5.73 Å². The molecule has 3 rings (SSSR count). The van der Waals surface area contributed by atoms with Gasteiger partial charge in [-0.05, 0) is 31.4 Å². The third-order valence-electron chi connectivity index (χ3n) is 4.23. The largest absolute Gasteiger partial charge is 0.350 e. The van der Waals surface area contributed by atoms with Crippen LogP contribution < -0.4 is 10.7 Å². The number of Topliss-reactive ketones (excluding diaryl/α,β-unsaturated/α-hetero) is 2. The Balaban J connectivity index is 1.95. The number of hydrogen-bond donors (Lipinski definition) is 1. The van der Waals surface area contributed by atoms with Crippen LogP contribution in [0, 0.1) is 11.8 Å². The number of fused-ring (bicyclic) bond motifs is 1. The molecule has 2 amide bonds. The predicted octanol–water partition coefficient (Wildman–Crippen LogP) is 1.23. The van der Waals surface area contributed by atoms with Gasteiger partial charge in [0.25, 0.3) is 0 Å². The molecule has 2 aliphatic rings. The molecule has 23 heavy (non-hydrogen) atoms. The molecule has 0 spiro atoms. The number of primary amides is 1. The Morgan fingerprint density at radius 1 is 1.30 bits per heavy atom. The molecule has 7 nitrogen and oxygen atoms in total. The van der Waals surface area contributed by atoms with E-state index < -0.39 is 35.6 Å². The lowest BCUT2D eigenvalue weighted by atomic mass is 9.80. The van der Waals surface area contributed by atoms with Crippen molar-refractivity contribution >= 4 is 29.0 Å². The van der Waals surface area contributed by atoms with E-state index in [0.717, 1.165) is 5.01 Å². The van der Waals surface area contributed by atoms with E-state index in [1.54, 1.807) is 6.07 Å². The first-order valence-electron chi connectivity index (χ1n) is 7.29. The maximum absolute atomic E-state index is 13.5. The lowest BCUT2D eigenvalue weighted by molar-refractivity contribution is -0.121. The van der Waals surface area contributed by atoms with E-state index >= 15 is 0 Å². The van der Waals surface area contributed by atoms with Crippen LogP contribution in [-0.4, -0.2) is 34.5 Å². The first kappa shape index (κ1) is 15.3. The summed E-state index contributed by atoms with van der Waals surface area (Å²) < 4.78 is 13.5. The number of carbonyl (C=O) groups excluding carboxylic acids is 3. The second-order valence-corrected chi connectivity index (χ2v) is 5.66. The van der Waals surface area contributed by atoms with Gasteiger partial charge in [0.15, 0.2) is 17.3 Å². The first-order chi connectivity index (χ1) is 11.0. The topological polar surface area (TPSA) is 106 Å². The molecule has 1 aromatic rings. The lowest BCUT2D eigenvalue weighted by Gasteiger charge is -2.24. The molecular weight excluding hydrogens is 303 g/mol. The van der Waals surface area contributed by atoms with Crippen molar-refractivity contribution in [2.45, 2.75) is 25.4 Å². The number of nitrogens with two attached hydrogens (primary N) is 1. The number of urea groups is 1. The molecule has 2 saturated carbocycles. The summed E-state index contributed by atoms with van der Waals surface area (Å²) in [5.41, 5.74) is 5.18. The van der Waals surface area contributed by atoms with Crippen molar-refractivity contribution in [2.75, 3.05) is 5.01 Å². The molecule has 0 bridgehead atoms. The molecule has 0 aromatic carbocycles. The predicted molar refractivity (Wildman–Crippen MR) is 79.5 cm³/mol. The number of hydrogen-bond acceptors (Lipinski definition) is 5. The molecule has 2 fully saturated rings. The van der Waals surface area contributed by atoms with E-state index in [1.807, 2.05) is 0 Å². The third kappa shape index (κ3) is 2.71. The molecular formula is C15H15FN4O3. The number of pyridine rings is 1.